The first-order chi connectivity index (χ1) is 20.1. The van der Waals surface area contributed by atoms with Crippen LogP contribution in [0.15, 0.2) is 85.1 Å². The Morgan fingerprint density at radius 2 is 1.64 bits per heavy atom. The molecular formula is C35H41ClN2O3Si. The number of halogens is 1. The highest BCUT2D eigenvalue weighted by Gasteiger charge is 2.51. The van der Waals surface area contributed by atoms with Crippen LogP contribution < -0.4 is 10.4 Å². The van der Waals surface area contributed by atoms with Gasteiger partial charge in [0.05, 0.1) is 12.3 Å². The summed E-state index contributed by atoms with van der Waals surface area (Å²) in [6.45, 7) is 11.1. The van der Waals surface area contributed by atoms with E-state index < -0.39 is 14.3 Å². The smallest absolute Gasteiger partial charge is 0.358 e. The molecule has 0 bridgehead atoms. The van der Waals surface area contributed by atoms with E-state index in [1.54, 1.807) is 6.20 Å². The second-order valence-electron chi connectivity index (χ2n) is 12.3. The van der Waals surface area contributed by atoms with Gasteiger partial charge in [-0.25, -0.2) is 9.78 Å². The van der Waals surface area contributed by atoms with Crippen LogP contribution in [0.3, 0.4) is 0 Å². The summed E-state index contributed by atoms with van der Waals surface area (Å²) in [5, 5.41) is 3.11. The molecule has 1 aromatic heterocycles. The zero-order valence-electron chi connectivity index (χ0n) is 25.3. The molecular weight excluding hydrogens is 560 g/mol. The van der Waals surface area contributed by atoms with Gasteiger partial charge in [-0.05, 0) is 66.2 Å². The Bertz CT molecular complexity index is 1470. The van der Waals surface area contributed by atoms with Gasteiger partial charge in [-0.15, -0.1) is 0 Å². The Kier molecular flexibility index (Phi) is 9.07. The third kappa shape index (κ3) is 5.98. The van der Waals surface area contributed by atoms with Gasteiger partial charge in [-0.2, -0.15) is 0 Å². The molecule has 0 aliphatic heterocycles. The lowest BCUT2D eigenvalue weighted by Crippen LogP contribution is -2.67. The maximum atomic E-state index is 12.8. The summed E-state index contributed by atoms with van der Waals surface area (Å²) >= 11 is 6.44. The Balaban J connectivity index is 1.56. The quantitative estimate of drug-likeness (QED) is 0.154. The van der Waals surface area contributed by atoms with Crippen LogP contribution >= 0.6 is 11.6 Å². The molecule has 42 heavy (non-hydrogen) atoms. The largest absolute Gasteiger partial charge is 0.461 e. The first-order valence-corrected chi connectivity index (χ1v) is 17.2. The Labute approximate surface area is 256 Å². The van der Waals surface area contributed by atoms with Crippen LogP contribution in [0.5, 0.6) is 0 Å². The van der Waals surface area contributed by atoms with Gasteiger partial charge in [0.1, 0.15) is 5.82 Å². The number of aryl methyl sites for hydroxylation is 1. The van der Waals surface area contributed by atoms with Gasteiger partial charge in [0.2, 0.25) is 0 Å². The van der Waals surface area contributed by atoms with E-state index in [1.807, 2.05) is 29.7 Å². The summed E-state index contributed by atoms with van der Waals surface area (Å²) in [6, 6.07) is 27.4. The minimum atomic E-state index is -2.70. The number of hydrogen-bond acceptors (Lipinski definition) is 4. The van der Waals surface area contributed by atoms with E-state index in [4.69, 9.17) is 25.7 Å². The topological polar surface area (TPSA) is 53.4 Å². The molecule has 2 atom stereocenters. The fourth-order valence-electron chi connectivity index (χ4n) is 6.45. The van der Waals surface area contributed by atoms with Crippen molar-refractivity contribution in [1.82, 2.24) is 9.55 Å². The molecule has 220 valence electrons. The Hall–Kier alpha value is -3.19. The SMILES string of the molecule is CCOC(=O)c1cn(-c2cc(Cl)ccc2C)c(C2CCCC(O[Si](c3ccccc3)(c3ccccc3)C(C)(C)C)C2)n1. The lowest BCUT2D eigenvalue weighted by molar-refractivity contribution is 0.0519. The summed E-state index contributed by atoms with van der Waals surface area (Å²) in [5.41, 5.74) is 2.31. The number of carbonyl (C=O) groups excluding carboxylic acids is 1. The zero-order chi connectivity index (χ0) is 29.9. The number of esters is 1. The van der Waals surface area contributed by atoms with Crippen molar-refractivity contribution < 1.29 is 14.0 Å². The molecule has 1 fully saturated rings. The van der Waals surface area contributed by atoms with Crippen LogP contribution in [0.1, 0.15) is 81.2 Å². The predicted molar refractivity (Wildman–Crippen MR) is 173 cm³/mol. The number of benzene rings is 3. The summed E-state index contributed by atoms with van der Waals surface area (Å²) in [5.74, 6) is 0.566. The van der Waals surface area contributed by atoms with E-state index in [0.29, 0.717) is 17.3 Å². The average molecular weight is 601 g/mol. The average Bonchev–Trinajstić information content (AvgIpc) is 3.43. The monoisotopic (exact) mass is 600 g/mol. The van der Waals surface area contributed by atoms with Crippen molar-refractivity contribution in [3.63, 3.8) is 0 Å². The molecule has 2 unspecified atom stereocenters. The van der Waals surface area contributed by atoms with Crippen molar-refractivity contribution in [3.8, 4) is 5.69 Å². The molecule has 1 heterocycles. The Morgan fingerprint density at radius 3 is 2.24 bits per heavy atom. The summed E-state index contributed by atoms with van der Waals surface area (Å²) in [6.07, 6.45) is 5.65. The summed E-state index contributed by atoms with van der Waals surface area (Å²) < 4.78 is 14.9. The number of carbonyl (C=O) groups is 1. The molecule has 1 aliphatic carbocycles. The molecule has 0 radical (unpaired) electrons. The highest BCUT2D eigenvalue weighted by molar-refractivity contribution is 6.99. The minimum Gasteiger partial charge on any atom is -0.461 e. The van der Waals surface area contributed by atoms with Gasteiger partial charge in [0, 0.05) is 23.2 Å². The molecule has 5 rings (SSSR count). The Morgan fingerprint density at radius 1 is 1.00 bits per heavy atom. The van der Waals surface area contributed by atoms with Crippen molar-refractivity contribution >= 4 is 36.3 Å². The van der Waals surface area contributed by atoms with Gasteiger partial charge in [0.15, 0.2) is 5.69 Å². The normalized spacial score (nSPS) is 17.7. The molecule has 0 N–H and O–H groups in total. The van der Waals surface area contributed by atoms with E-state index in [9.17, 15) is 4.79 Å². The van der Waals surface area contributed by atoms with Crippen molar-refractivity contribution in [2.75, 3.05) is 6.61 Å². The van der Waals surface area contributed by atoms with Crippen LogP contribution in [0.2, 0.25) is 10.1 Å². The third-order valence-corrected chi connectivity index (χ3v) is 13.7. The van der Waals surface area contributed by atoms with E-state index in [0.717, 1.165) is 42.8 Å². The van der Waals surface area contributed by atoms with E-state index in [-0.39, 0.29) is 17.1 Å². The standard InChI is InChI=1S/C35H41ClN2O3Si/c1-6-40-34(39)31-24-38(32-23-27(36)21-20-25(32)2)33(37-31)26-14-13-15-28(22-26)41-42(35(3,4)5,29-16-9-7-10-17-29)30-18-11-8-12-19-30/h7-12,16-21,23-24,26,28H,6,13-15,22H2,1-5H3. The van der Waals surface area contributed by atoms with Gasteiger partial charge in [0.25, 0.3) is 8.32 Å². The fourth-order valence-corrected chi connectivity index (χ4v) is 11.3. The van der Waals surface area contributed by atoms with Gasteiger partial charge in [-0.1, -0.05) is 106 Å². The van der Waals surface area contributed by atoms with E-state index in [2.05, 4.69) is 88.4 Å². The fraction of sp³-hybridized carbons (Fsp3) is 0.371. The molecule has 0 spiro atoms. The number of aromatic nitrogens is 2. The van der Waals surface area contributed by atoms with Crippen LogP contribution in [0.4, 0.5) is 0 Å². The van der Waals surface area contributed by atoms with Crippen molar-refractivity contribution in [3.05, 3.63) is 107 Å². The van der Waals surface area contributed by atoms with Crippen LogP contribution in [0.25, 0.3) is 5.69 Å². The maximum absolute atomic E-state index is 12.8. The third-order valence-electron chi connectivity index (χ3n) is 8.40. The first kappa shape index (κ1) is 30.3. The molecule has 5 nitrogen and oxygen atoms in total. The maximum Gasteiger partial charge on any atom is 0.358 e. The molecule has 0 amide bonds. The molecule has 0 saturated heterocycles. The van der Waals surface area contributed by atoms with Gasteiger partial charge >= 0.3 is 5.97 Å². The van der Waals surface area contributed by atoms with E-state index in [1.165, 1.54) is 10.4 Å². The van der Waals surface area contributed by atoms with Crippen molar-refractivity contribution in [1.29, 1.82) is 0 Å². The van der Waals surface area contributed by atoms with E-state index >= 15 is 0 Å². The number of imidazole rings is 1. The number of ether oxygens (including phenoxy) is 1. The van der Waals surface area contributed by atoms with Gasteiger partial charge in [-0.3, -0.25) is 0 Å². The lowest BCUT2D eigenvalue weighted by Gasteiger charge is -2.46. The lowest BCUT2D eigenvalue weighted by atomic mass is 9.86. The summed E-state index contributed by atoms with van der Waals surface area (Å²) in [4.78, 5) is 17.7. The zero-order valence-corrected chi connectivity index (χ0v) is 27.0. The number of hydrogen-bond donors (Lipinski definition) is 0. The molecule has 1 saturated carbocycles. The van der Waals surface area contributed by atoms with Crippen LogP contribution in [-0.4, -0.2) is 36.5 Å². The predicted octanol–water partition coefficient (Wildman–Crippen LogP) is 7.61. The number of rotatable bonds is 8. The van der Waals surface area contributed by atoms with Crippen LogP contribution in [-0.2, 0) is 9.16 Å². The molecule has 3 aromatic carbocycles. The number of nitrogens with zero attached hydrogens (tertiary/aromatic N) is 2. The second-order valence-corrected chi connectivity index (χ2v) is 17.0. The highest BCUT2D eigenvalue weighted by Crippen LogP contribution is 2.42. The molecule has 7 heteroatoms. The molecule has 1 aliphatic rings. The minimum absolute atomic E-state index is 0.0479. The van der Waals surface area contributed by atoms with Crippen molar-refractivity contribution in [2.24, 2.45) is 0 Å². The molecule has 4 aromatic rings. The second kappa shape index (κ2) is 12.6. The van der Waals surface area contributed by atoms with Gasteiger partial charge < -0.3 is 13.7 Å². The summed E-state index contributed by atoms with van der Waals surface area (Å²) in [7, 11) is -2.70. The highest BCUT2D eigenvalue weighted by atomic mass is 35.5. The van der Waals surface area contributed by atoms with Crippen LogP contribution in [0, 0.1) is 6.92 Å². The van der Waals surface area contributed by atoms with Crippen molar-refractivity contribution in [2.45, 2.75) is 77.4 Å². The first-order valence-electron chi connectivity index (χ1n) is 15.0.